The quantitative estimate of drug-likeness (QED) is 0.832. The van der Waals surface area contributed by atoms with Crippen molar-refractivity contribution in [2.24, 2.45) is 5.92 Å². The highest BCUT2D eigenvalue weighted by molar-refractivity contribution is 6.09. The van der Waals surface area contributed by atoms with Gasteiger partial charge >= 0.3 is 5.97 Å². The molecular formula is C19H21NO3. The van der Waals surface area contributed by atoms with Crippen molar-refractivity contribution in [2.45, 2.75) is 19.3 Å². The van der Waals surface area contributed by atoms with E-state index in [0.717, 1.165) is 36.7 Å². The molecule has 0 radical (unpaired) electrons. The number of carbonyl (C=O) groups is 2. The predicted molar refractivity (Wildman–Crippen MR) is 89.7 cm³/mol. The fourth-order valence-electron chi connectivity index (χ4n) is 3.39. The number of carboxylic acids is 1. The number of nitrogens with zero attached hydrogens (tertiary/aromatic N) is 1. The standard InChI is InChI=1S/C19H21NO3/c21-18(22)12-15(13-20-10-3-4-11-20)19(23)17-9-5-7-14-6-1-2-8-16(14)17/h1-2,5-9,15H,3-4,10-13H2,(H,21,22). The van der Waals surface area contributed by atoms with Gasteiger partial charge in [-0.15, -0.1) is 0 Å². The summed E-state index contributed by atoms with van der Waals surface area (Å²) in [5.74, 6) is -1.46. The molecule has 0 saturated carbocycles. The van der Waals surface area contributed by atoms with E-state index in [1.165, 1.54) is 0 Å². The third kappa shape index (κ3) is 3.59. The SMILES string of the molecule is O=C(O)CC(CN1CCCC1)C(=O)c1cccc2ccccc12. The van der Waals surface area contributed by atoms with Gasteiger partial charge in [-0.2, -0.15) is 0 Å². The molecule has 2 aromatic rings. The van der Waals surface area contributed by atoms with E-state index < -0.39 is 11.9 Å². The fourth-order valence-corrected chi connectivity index (χ4v) is 3.39. The maximum absolute atomic E-state index is 13.0. The first-order valence-corrected chi connectivity index (χ1v) is 8.11. The van der Waals surface area contributed by atoms with Gasteiger partial charge < -0.3 is 10.0 Å². The number of Topliss-reactive ketones (excluding diaryl/α,β-unsaturated/α-hetero) is 1. The summed E-state index contributed by atoms with van der Waals surface area (Å²) in [5.41, 5.74) is 0.633. The van der Waals surface area contributed by atoms with Crippen LogP contribution in [0, 0.1) is 5.92 Å². The van der Waals surface area contributed by atoms with Crippen LogP contribution in [0.1, 0.15) is 29.6 Å². The second-order valence-corrected chi connectivity index (χ2v) is 6.19. The van der Waals surface area contributed by atoms with E-state index >= 15 is 0 Å². The average molecular weight is 311 g/mol. The smallest absolute Gasteiger partial charge is 0.304 e. The lowest BCUT2D eigenvalue weighted by molar-refractivity contribution is -0.137. The van der Waals surface area contributed by atoms with Crippen LogP contribution in [0.2, 0.25) is 0 Å². The minimum atomic E-state index is -0.914. The van der Waals surface area contributed by atoms with E-state index in [2.05, 4.69) is 4.90 Å². The summed E-state index contributed by atoms with van der Waals surface area (Å²) in [6, 6.07) is 13.4. The number of benzene rings is 2. The number of ketones is 1. The molecule has 1 N–H and O–H groups in total. The molecule has 0 aliphatic carbocycles. The maximum atomic E-state index is 13.0. The Morgan fingerprint density at radius 1 is 1.04 bits per heavy atom. The Balaban J connectivity index is 1.90. The van der Waals surface area contributed by atoms with Crippen LogP contribution in [-0.4, -0.2) is 41.4 Å². The van der Waals surface area contributed by atoms with E-state index in [4.69, 9.17) is 0 Å². The summed E-state index contributed by atoms with van der Waals surface area (Å²) in [6.07, 6.45) is 2.14. The van der Waals surface area contributed by atoms with Crippen LogP contribution in [0.4, 0.5) is 0 Å². The lowest BCUT2D eigenvalue weighted by Crippen LogP contribution is -2.33. The summed E-state index contributed by atoms with van der Waals surface area (Å²) >= 11 is 0. The van der Waals surface area contributed by atoms with Gasteiger partial charge in [0, 0.05) is 18.0 Å². The lowest BCUT2D eigenvalue weighted by atomic mass is 9.91. The van der Waals surface area contributed by atoms with Crippen molar-refractivity contribution in [1.82, 2.24) is 4.90 Å². The van der Waals surface area contributed by atoms with Crippen LogP contribution in [0.5, 0.6) is 0 Å². The number of fused-ring (bicyclic) bond motifs is 1. The fraction of sp³-hybridized carbons (Fsp3) is 0.368. The minimum Gasteiger partial charge on any atom is -0.481 e. The van der Waals surface area contributed by atoms with Crippen molar-refractivity contribution in [3.63, 3.8) is 0 Å². The molecule has 23 heavy (non-hydrogen) atoms. The van der Waals surface area contributed by atoms with Crippen molar-refractivity contribution < 1.29 is 14.7 Å². The summed E-state index contributed by atoms with van der Waals surface area (Å²) in [5, 5.41) is 11.1. The van der Waals surface area contributed by atoms with Gasteiger partial charge in [0.2, 0.25) is 0 Å². The molecule has 1 aliphatic rings. The molecule has 1 atom stereocenters. The van der Waals surface area contributed by atoms with Crippen molar-refractivity contribution in [3.05, 3.63) is 48.0 Å². The van der Waals surface area contributed by atoms with Gasteiger partial charge in [0.25, 0.3) is 0 Å². The molecule has 0 aromatic heterocycles. The third-order valence-electron chi connectivity index (χ3n) is 4.52. The Morgan fingerprint density at radius 2 is 1.74 bits per heavy atom. The Kier molecular flexibility index (Phi) is 4.72. The molecule has 0 amide bonds. The first-order valence-electron chi connectivity index (χ1n) is 8.11. The number of hydrogen-bond donors (Lipinski definition) is 1. The van der Waals surface area contributed by atoms with Gasteiger partial charge in [-0.1, -0.05) is 42.5 Å². The Hall–Kier alpha value is -2.20. The summed E-state index contributed by atoms with van der Waals surface area (Å²) in [4.78, 5) is 26.4. The largest absolute Gasteiger partial charge is 0.481 e. The van der Waals surface area contributed by atoms with Crippen LogP contribution in [0.15, 0.2) is 42.5 Å². The summed E-state index contributed by atoms with van der Waals surface area (Å²) < 4.78 is 0. The van der Waals surface area contributed by atoms with Crippen molar-refractivity contribution in [3.8, 4) is 0 Å². The second-order valence-electron chi connectivity index (χ2n) is 6.19. The molecule has 0 bridgehead atoms. The lowest BCUT2D eigenvalue weighted by Gasteiger charge is -2.22. The van der Waals surface area contributed by atoms with E-state index in [0.29, 0.717) is 12.1 Å². The number of hydrogen-bond acceptors (Lipinski definition) is 3. The van der Waals surface area contributed by atoms with Crippen LogP contribution in [0.3, 0.4) is 0 Å². The molecule has 1 fully saturated rings. The monoisotopic (exact) mass is 311 g/mol. The Bertz CT molecular complexity index is 714. The first-order chi connectivity index (χ1) is 11.1. The Morgan fingerprint density at radius 3 is 2.48 bits per heavy atom. The third-order valence-corrected chi connectivity index (χ3v) is 4.52. The van der Waals surface area contributed by atoms with E-state index in [-0.39, 0.29) is 12.2 Å². The molecule has 0 spiro atoms. The van der Waals surface area contributed by atoms with Crippen molar-refractivity contribution >= 4 is 22.5 Å². The van der Waals surface area contributed by atoms with E-state index in [1.807, 2.05) is 42.5 Å². The molecule has 2 aromatic carbocycles. The van der Waals surface area contributed by atoms with Gasteiger partial charge in [0.15, 0.2) is 5.78 Å². The summed E-state index contributed by atoms with van der Waals surface area (Å²) in [7, 11) is 0. The molecule has 1 heterocycles. The van der Waals surface area contributed by atoms with Gasteiger partial charge in [-0.05, 0) is 36.7 Å². The zero-order valence-electron chi connectivity index (χ0n) is 13.1. The number of aliphatic carboxylic acids is 1. The van der Waals surface area contributed by atoms with Crippen LogP contribution >= 0.6 is 0 Å². The van der Waals surface area contributed by atoms with E-state index in [1.54, 1.807) is 0 Å². The number of likely N-dealkylation sites (tertiary alicyclic amines) is 1. The highest BCUT2D eigenvalue weighted by atomic mass is 16.4. The van der Waals surface area contributed by atoms with Crippen LogP contribution in [0.25, 0.3) is 10.8 Å². The second kappa shape index (κ2) is 6.92. The molecule has 1 saturated heterocycles. The molecular weight excluding hydrogens is 290 g/mol. The van der Waals surface area contributed by atoms with Crippen LogP contribution in [-0.2, 0) is 4.79 Å². The molecule has 3 rings (SSSR count). The number of carboxylic acid groups (broad SMARTS) is 1. The van der Waals surface area contributed by atoms with E-state index in [9.17, 15) is 14.7 Å². The highest BCUT2D eigenvalue weighted by Crippen LogP contribution is 2.24. The maximum Gasteiger partial charge on any atom is 0.304 e. The number of rotatable bonds is 6. The first kappa shape index (κ1) is 15.7. The minimum absolute atomic E-state index is 0.0592. The topological polar surface area (TPSA) is 57.6 Å². The number of carbonyl (C=O) groups excluding carboxylic acids is 1. The van der Waals surface area contributed by atoms with Crippen LogP contribution < -0.4 is 0 Å². The molecule has 1 aliphatic heterocycles. The Labute approximate surface area is 135 Å². The van der Waals surface area contributed by atoms with Crippen molar-refractivity contribution in [2.75, 3.05) is 19.6 Å². The highest BCUT2D eigenvalue weighted by Gasteiger charge is 2.27. The molecule has 120 valence electrons. The normalized spacial score (nSPS) is 16.5. The summed E-state index contributed by atoms with van der Waals surface area (Å²) in [6.45, 7) is 2.45. The van der Waals surface area contributed by atoms with Gasteiger partial charge in [0.05, 0.1) is 6.42 Å². The van der Waals surface area contributed by atoms with Gasteiger partial charge in [-0.3, -0.25) is 9.59 Å². The zero-order valence-corrected chi connectivity index (χ0v) is 13.1. The zero-order chi connectivity index (χ0) is 16.2. The predicted octanol–water partition coefficient (Wildman–Crippen LogP) is 3.21. The average Bonchev–Trinajstić information content (AvgIpc) is 3.05. The molecule has 4 nitrogen and oxygen atoms in total. The molecule has 1 unspecified atom stereocenters. The van der Waals surface area contributed by atoms with Crippen molar-refractivity contribution in [1.29, 1.82) is 0 Å². The van der Waals surface area contributed by atoms with Gasteiger partial charge in [0.1, 0.15) is 0 Å². The van der Waals surface area contributed by atoms with Gasteiger partial charge in [-0.25, -0.2) is 0 Å². The molecule has 4 heteroatoms.